The van der Waals surface area contributed by atoms with Crippen molar-refractivity contribution < 1.29 is 5.11 Å². The number of β-amino-alcohol motifs (C(OH)–C–C–N with tert-alkyl or cyclic N) is 1. The van der Waals surface area contributed by atoms with E-state index in [4.69, 9.17) is 5.73 Å². The number of hydrogen-bond donors (Lipinski definition) is 2. The van der Waals surface area contributed by atoms with Crippen molar-refractivity contribution in [3.63, 3.8) is 0 Å². The quantitative estimate of drug-likeness (QED) is 0.806. The van der Waals surface area contributed by atoms with E-state index in [0.29, 0.717) is 6.54 Å². The van der Waals surface area contributed by atoms with E-state index < -0.39 is 0 Å². The summed E-state index contributed by atoms with van der Waals surface area (Å²) < 4.78 is 0. The van der Waals surface area contributed by atoms with Gasteiger partial charge in [0.2, 0.25) is 0 Å². The van der Waals surface area contributed by atoms with Crippen LogP contribution in [0.4, 0.5) is 5.69 Å². The maximum absolute atomic E-state index is 9.75. The second kappa shape index (κ2) is 5.76. The van der Waals surface area contributed by atoms with Gasteiger partial charge in [-0.15, -0.1) is 11.8 Å². The molecule has 1 atom stereocenters. The number of aliphatic hydroxyl groups is 1. The van der Waals surface area contributed by atoms with Crippen LogP contribution in [0.15, 0.2) is 23.1 Å². The van der Waals surface area contributed by atoms with E-state index in [2.05, 4.69) is 29.4 Å². The first kappa shape index (κ1) is 12.7. The van der Waals surface area contributed by atoms with Gasteiger partial charge < -0.3 is 15.7 Å². The zero-order valence-corrected chi connectivity index (χ0v) is 11.0. The summed E-state index contributed by atoms with van der Waals surface area (Å²) in [6, 6.07) is 6.29. The first-order valence-electron chi connectivity index (χ1n) is 6.05. The molecule has 1 fully saturated rings. The smallest absolute Gasteiger partial charge is 0.0715 e. The number of piperidine rings is 1. The second-order valence-corrected chi connectivity index (χ2v) is 5.25. The molecule has 1 heterocycles. The van der Waals surface area contributed by atoms with Crippen LogP contribution in [0.25, 0.3) is 0 Å². The van der Waals surface area contributed by atoms with Crippen LogP contribution in [-0.4, -0.2) is 30.6 Å². The van der Waals surface area contributed by atoms with E-state index in [9.17, 15) is 5.11 Å². The van der Waals surface area contributed by atoms with Crippen LogP contribution in [0.1, 0.15) is 18.4 Å². The summed E-state index contributed by atoms with van der Waals surface area (Å²) in [7, 11) is 0. The van der Waals surface area contributed by atoms with Crippen LogP contribution in [0, 0.1) is 0 Å². The Hall–Kier alpha value is -0.710. The zero-order chi connectivity index (χ0) is 12.3. The van der Waals surface area contributed by atoms with Crippen LogP contribution in [0.3, 0.4) is 0 Å². The van der Waals surface area contributed by atoms with Gasteiger partial charge in [0.15, 0.2) is 0 Å². The average molecular weight is 252 g/mol. The summed E-state index contributed by atoms with van der Waals surface area (Å²) >= 11 is 1.73. The molecule has 0 aliphatic carbocycles. The van der Waals surface area contributed by atoms with Crippen molar-refractivity contribution in [1.29, 1.82) is 0 Å². The van der Waals surface area contributed by atoms with Crippen molar-refractivity contribution >= 4 is 17.4 Å². The molecule has 1 aliphatic heterocycles. The van der Waals surface area contributed by atoms with Crippen molar-refractivity contribution in [2.24, 2.45) is 5.73 Å². The molecule has 1 aromatic carbocycles. The molecular weight excluding hydrogens is 232 g/mol. The van der Waals surface area contributed by atoms with Gasteiger partial charge in [0.25, 0.3) is 0 Å². The van der Waals surface area contributed by atoms with Gasteiger partial charge in [-0.1, -0.05) is 6.07 Å². The van der Waals surface area contributed by atoms with Crippen LogP contribution in [-0.2, 0) is 6.54 Å². The van der Waals surface area contributed by atoms with Crippen molar-refractivity contribution in [2.45, 2.75) is 30.4 Å². The molecule has 4 heteroatoms. The Balaban J connectivity index is 2.30. The summed E-state index contributed by atoms with van der Waals surface area (Å²) in [5, 5.41) is 9.75. The minimum Gasteiger partial charge on any atom is -0.391 e. The summed E-state index contributed by atoms with van der Waals surface area (Å²) in [5.41, 5.74) is 8.26. The fourth-order valence-electron chi connectivity index (χ4n) is 2.42. The first-order valence-corrected chi connectivity index (χ1v) is 7.27. The van der Waals surface area contributed by atoms with Crippen LogP contribution in [0.2, 0.25) is 0 Å². The molecule has 1 aromatic rings. The van der Waals surface area contributed by atoms with Gasteiger partial charge in [0.1, 0.15) is 0 Å². The maximum Gasteiger partial charge on any atom is 0.0715 e. The largest absolute Gasteiger partial charge is 0.391 e. The zero-order valence-electron chi connectivity index (χ0n) is 10.2. The highest BCUT2D eigenvalue weighted by atomic mass is 32.2. The van der Waals surface area contributed by atoms with E-state index in [1.807, 2.05) is 0 Å². The normalized spacial score (nSPS) is 20.6. The molecule has 94 valence electrons. The van der Waals surface area contributed by atoms with E-state index in [1.54, 1.807) is 11.8 Å². The SMILES string of the molecule is CSc1cccc(N2CCCC(O)C2)c1CN. The van der Waals surface area contributed by atoms with E-state index in [1.165, 1.54) is 16.1 Å². The number of nitrogens with zero attached hydrogens (tertiary/aromatic N) is 1. The molecule has 3 nitrogen and oxygen atoms in total. The van der Waals surface area contributed by atoms with Gasteiger partial charge >= 0.3 is 0 Å². The highest BCUT2D eigenvalue weighted by molar-refractivity contribution is 7.98. The predicted molar refractivity (Wildman–Crippen MR) is 73.6 cm³/mol. The van der Waals surface area contributed by atoms with Crippen LogP contribution in [0.5, 0.6) is 0 Å². The van der Waals surface area contributed by atoms with E-state index in [0.717, 1.165) is 25.9 Å². The van der Waals surface area contributed by atoms with Crippen LogP contribution >= 0.6 is 11.8 Å². The number of rotatable bonds is 3. The molecule has 1 saturated heterocycles. The summed E-state index contributed by atoms with van der Waals surface area (Å²) in [4.78, 5) is 3.50. The molecule has 0 saturated carbocycles. The molecule has 1 unspecified atom stereocenters. The molecular formula is C13H20N2OS. The molecule has 0 bridgehead atoms. The van der Waals surface area contributed by atoms with Gasteiger partial charge in [0.05, 0.1) is 6.10 Å². The van der Waals surface area contributed by atoms with E-state index in [-0.39, 0.29) is 6.10 Å². The monoisotopic (exact) mass is 252 g/mol. The Kier molecular flexibility index (Phi) is 4.31. The molecule has 0 radical (unpaired) electrons. The lowest BCUT2D eigenvalue weighted by atomic mass is 10.1. The predicted octanol–water partition coefficient (Wildman–Crippen LogP) is 1.83. The van der Waals surface area contributed by atoms with Gasteiger partial charge in [0, 0.05) is 35.8 Å². The van der Waals surface area contributed by atoms with Gasteiger partial charge in [-0.2, -0.15) is 0 Å². The Morgan fingerprint density at radius 1 is 1.53 bits per heavy atom. The first-order chi connectivity index (χ1) is 8.26. The Morgan fingerprint density at radius 3 is 3.00 bits per heavy atom. The molecule has 0 aromatic heterocycles. The Morgan fingerprint density at radius 2 is 2.35 bits per heavy atom. The van der Waals surface area contributed by atoms with Crippen molar-refractivity contribution in [3.8, 4) is 0 Å². The summed E-state index contributed by atoms with van der Waals surface area (Å²) in [6.45, 7) is 2.30. The minimum absolute atomic E-state index is 0.202. The van der Waals surface area contributed by atoms with Crippen LogP contribution < -0.4 is 10.6 Å². The Labute approximate surface area is 107 Å². The van der Waals surface area contributed by atoms with Gasteiger partial charge in [-0.25, -0.2) is 0 Å². The third-order valence-corrected chi connectivity index (χ3v) is 4.09. The minimum atomic E-state index is -0.202. The number of hydrogen-bond acceptors (Lipinski definition) is 4. The number of aliphatic hydroxyl groups excluding tert-OH is 1. The summed E-state index contributed by atoms with van der Waals surface area (Å²) in [6.07, 6.45) is 3.83. The highest BCUT2D eigenvalue weighted by Gasteiger charge is 2.20. The van der Waals surface area contributed by atoms with E-state index >= 15 is 0 Å². The average Bonchev–Trinajstić information content (AvgIpc) is 2.37. The molecule has 2 rings (SSSR count). The molecule has 1 aliphatic rings. The van der Waals surface area contributed by atoms with Gasteiger partial charge in [-0.05, 0) is 31.2 Å². The van der Waals surface area contributed by atoms with Gasteiger partial charge in [-0.3, -0.25) is 0 Å². The molecule has 0 spiro atoms. The van der Waals surface area contributed by atoms with Crippen molar-refractivity contribution in [2.75, 3.05) is 24.2 Å². The summed E-state index contributed by atoms with van der Waals surface area (Å²) in [5.74, 6) is 0. The van der Waals surface area contributed by atoms with Crippen molar-refractivity contribution in [1.82, 2.24) is 0 Å². The third-order valence-electron chi connectivity index (χ3n) is 3.27. The highest BCUT2D eigenvalue weighted by Crippen LogP contribution is 2.30. The lowest BCUT2D eigenvalue weighted by Gasteiger charge is -2.33. The topological polar surface area (TPSA) is 49.5 Å². The number of anilines is 1. The lowest BCUT2D eigenvalue weighted by Crippen LogP contribution is -2.38. The van der Waals surface area contributed by atoms with Crippen molar-refractivity contribution in [3.05, 3.63) is 23.8 Å². The number of thioether (sulfide) groups is 1. The fourth-order valence-corrected chi connectivity index (χ4v) is 3.07. The molecule has 17 heavy (non-hydrogen) atoms. The number of benzene rings is 1. The lowest BCUT2D eigenvalue weighted by molar-refractivity contribution is 0.154. The third kappa shape index (κ3) is 2.76. The maximum atomic E-state index is 9.75. The molecule has 0 amide bonds. The number of nitrogens with two attached hydrogens (primary N) is 1. The standard InChI is InChI=1S/C13H20N2OS/c1-17-13-6-2-5-12(11(13)8-14)15-7-3-4-10(16)9-15/h2,5-6,10,16H,3-4,7-9,14H2,1H3. The Bertz CT molecular complexity index is 384. The molecule has 3 N–H and O–H groups in total. The fraction of sp³-hybridized carbons (Fsp3) is 0.538. The second-order valence-electron chi connectivity index (χ2n) is 4.40.